The number of likely N-dealkylation sites (tertiary alicyclic amines) is 2. The zero-order valence-corrected chi connectivity index (χ0v) is 18.4. The van der Waals surface area contributed by atoms with Gasteiger partial charge in [0.2, 0.25) is 11.8 Å². The number of hydrogen-bond donors (Lipinski definition) is 2. The highest BCUT2D eigenvalue weighted by Crippen LogP contribution is 2.36. The molecule has 3 N–H and O–H groups in total. The van der Waals surface area contributed by atoms with Gasteiger partial charge in [-0.2, -0.15) is 0 Å². The predicted molar refractivity (Wildman–Crippen MR) is 112 cm³/mol. The number of piperidine rings is 3. The van der Waals surface area contributed by atoms with Crippen LogP contribution in [-0.4, -0.2) is 64.4 Å². The lowest BCUT2D eigenvalue weighted by molar-refractivity contribution is -0.142. The van der Waals surface area contributed by atoms with E-state index in [1.165, 1.54) is 6.42 Å². The van der Waals surface area contributed by atoms with Crippen LogP contribution in [0.15, 0.2) is 0 Å². The second kappa shape index (κ2) is 7.94. The van der Waals surface area contributed by atoms with Gasteiger partial charge in [-0.15, -0.1) is 0 Å². The average Bonchev–Trinajstić information content (AvgIpc) is 2.59. The molecule has 3 saturated heterocycles. The van der Waals surface area contributed by atoms with Crippen LogP contribution < -0.4 is 11.1 Å². The van der Waals surface area contributed by atoms with Gasteiger partial charge in [-0.3, -0.25) is 14.5 Å². The van der Waals surface area contributed by atoms with E-state index in [0.717, 1.165) is 38.8 Å². The highest BCUT2D eigenvalue weighted by molar-refractivity contribution is 5.85. The first kappa shape index (κ1) is 21.6. The summed E-state index contributed by atoms with van der Waals surface area (Å²) in [4.78, 5) is 29.7. The minimum Gasteiger partial charge on any atom is -0.368 e. The van der Waals surface area contributed by atoms with E-state index in [0.29, 0.717) is 38.3 Å². The molecular formula is C22H40N4O2. The topological polar surface area (TPSA) is 78.7 Å². The minimum absolute atomic E-state index is 0.0595. The Labute approximate surface area is 170 Å². The fourth-order valence-electron chi connectivity index (χ4n) is 6.22. The molecule has 0 aromatic rings. The number of rotatable bonds is 4. The summed E-state index contributed by atoms with van der Waals surface area (Å²) in [6, 6.07) is 0. The lowest BCUT2D eigenvalue weighted by Gasteiger charge is -2.49. The molecule has 3 rings (SSSR count). The third-order valence-corrected chi connectivity index (χ3v) is 7.10. The summed E-state index contributed by atoms with van der Waals surface area (Å²) in [5.74, 6) is 0.447. The molecule has 6 heteroatoms. The van der Waals surface area contributed by atoms with Gasteiger partial charge >= 0.3 is 0 Å². The summed E-state index contributed by atoms with van der Waals surface area (Å²) < 4.78 is 0. The van der Waals surface area contributed by atoms with Crippen LogP contribution in [0.5, 0.6) is 0 Å². The van der Waals surface area contributed by atoms with Crippen molar-refractivity contribution < 1.29 is 9.59 Å². The molecule has 160 valence electrons. The lowest BCUT2D eigenvalue weighted by Crippen LogP contribution is -2.64. The minimum atomic E-state index is -0.546. The van der Waals surface area contributed by atoms with Gasteiger partial charge in [-0.05, 0) is 85.2 Å². The molecule has 0 unspecified atom stereocenters. The maximum absolute atomic E-state index is 13.0. The monoisotopic (exact) mass is 392 g/mol. The molecule has 3 heterocycles. The van der Waals surface area contributed by atoms with E-state index in [2.05, 4.69) is 37.9 Å². The van der Waals surface area contributed by atoms with Crippen molar-refractivity contribution in [2.75, 3.05) is 26.2 Å². The number of primary amides is 1. The van der Waals surface area contributed by atoms with Gasteiger partial charge in [0.1, 0.15) is 5.54 Å². The Kier molecular flexibility index (Phi) is 6.12. The van der Waals surface area contributed by atoms with Crippen molar-refractivity contribution in [2.24, 2.45) is 11.7 Å². The second-order valence-electron chi connectivity index (χ2n) is 10.7. The van der Waals surface area contributed by atoms with Crippen LogP contribution in [0.4, 0.5) is 0 Å². The van der Waals surface area contributed by atoms with Gasteiger partial charge < -0.3 is 16.0 Å². The second-order valence-corrected chi connectivity index (χ2v) is 10.7. The number of carbonyl (C=O) groups is 2. The lowest BCUT2D eigenvalue weighted by atomic mass is 9.74. The smallest absolute Gasteiger partial charge is 0.238 e. The molecule has 28 heavy (non-hydrogen) atoms. The molecule has 0 atom stereocenters. The van der Waals surface area contributed by atoms with Crippen LogP contribution in [0.25, 0.3) is 0 Å². The number of nitrogens with two attached hydrogens (primary N) is 1. The molecule has 0 bridgehead atoms. The van der Waals surface area contributed by atoms with Gasteiger partial charge in [-0.25, -0.2) is 0 Å². The van der Waals surface area contributed by atoms with E-state index in [4.69, 9.17) is 5.73 Å². The van der Waals surface area contributed by atoms with Crippen molar-refractivity contribution in [3.05, 3.63) is 0 Å². The maximum atomic E-state index is 13.0. The van der Waals surface area contributed by atoms with E-state index < -0.39 is 5.54 Å². The Balaban J connectivity index is 1.59. The van der Waals surface area contributed by atoms with Gasteiger partial charge in [0.05, 0.1) is 0 Å². The quantitative estimate of drug-likeness (QED) is 0.769. The molecule has 0 spiro atoms. The normalized spacial score (nSPS) is 28.1. The van der Waals surface area contributed by atoms with E-state index in [-0.39, 0.29) is 22.9 Å². The van der Waals surface area contributed by atoms with Gasteiger partial charge in [0.15, 0.2) is 0 Å². The van der Waals surface area contributed by atoms with Crippen molar-refractivity contribution >= 4 is 11.8 Å². The molecule has 3 fully saturated rings. The SMILES string of the molecule is CC1(C)CC(CC(=O)N2CCC(C(N)=O)(N3CCCCC3)CC2)CC(C)(C)N1. The van der Waals surface area contributed by atoms with Crippen molar-refractivity contribution in [1.29, 1.82) is 0 Å². The molecule has 2 amide bonds. The zero-order valence-electron chi connectivity index (χ0n) is 18.4. The summed E-state index contributed by atoms with van der Waals surface area (Å²) in [6.45, 7) is 12.1. The Morgan fingerprint density at radius 1 is 0.929 bits per heavy atom. The van der Waals surface area contributed by atoms with Crippen LogP contribution in [-0.2, 0) is 9.59 Å². The number of amides is 2. The van der Waals surface area contributed by atoms with Crippen LogP contribution in [0.2, 0.25) is 0 Å². The third kappa shape index (κ3) is 4.70. The molecule has 3 aliphatic heterocycles. The molecular weight excluding hydrogens is 352 g/mol. The van der Waals surface area contributed by atoms with Crippen LogP contribution in [0, 0.1) is 5.92 Å². The van der Waals surface area contributed by atoms with Crippen molar-refractivity contribution in [1.82, 2.24) is 15.1 Å². The molecule has 0 radical (unpaired) electrons. The Morgan fingerprint density at radius 2 is 1.46 bits per heavy atom. The summed E-state index contributed by atoms with van der Waals surface area (Å²) in [5.41, 5.74) is 5.45. The summed E-state index contributed by atoms with van der Waals surface area (Å²) in [5, 5.41) is 3.69. The summed E-state index contributed by atoms with van der Waals surface area (Å²) in [7, 11) is 0. The van der Waals surface area contributed by atoms with E-state index >= 15 is 0 Å². The maximum Gasteiger partial charge on any atom is 0.238 e. The van der Waals surface area contributed by atoms with Crippen molar-refractivity contribution in [2.45, 2.75) is 95.7 Å². The first-order valence-corrected chi connectivity index (χ1v) is 11.2. The van der Waals surface area contributed by atoms with Crippen molar-refractivity contribution in [3.63, 3.8) is 0 Å². The molecule has 0 aliphatic carbocycles. The number of hydrogen-bond acceptors (Lipinski definition) is 4. The number of nitrogens with one attached hydrogen (secondary N) is 1. The fourth-order valence-corrected chi connectivity index (χ4v) is 6.22. The predicted octanol–water partition coefficient (Wildman–Crippen LogP) is 2.27. The largest absolute Gasteiger partial charge is 0.368 e. The molecule has 6 nitrogen and oxygen atoms in total. The average molecular weight is 393 g/mol. The number of nitrogens with zero attached hydrogens (tertiary/aromatic N) is 2. The van der Waals surface area contributed by atoms with E-state index in [1.807, 2.05) is 4.90 Å². The highest BCUT2D eigenvalue weighted by atomic mass is 16.2. The van der Waals surface area contributed by atoms with Crippen LogP contribution in [0.3, 0.4) is 0 Å². The van der Waals surface area contributed by atoms with Crippen molar-refractivity contribution in [3.8, 4) is 0 Å². The molecule has 0 aromatic heterocycles. The summed E-state index contributed by atoms with van der Waals surface area (Å²) in [6.07, 6.45) is 7.53. The molecule has 3 aliphatic rings. The van der Waals surface area contributed by atoms with Gasteiger partial charge in [-0.1, -0.05) is 6.42 Å². The highest BCUT2D eigenvalue weighted by Gasteiger charge is 2.46. The van der Waals surface area contributed by atoms with E-state index in [1.54, 1.807) is 0 Å². The Morgan fingerprint density at radius 3 is 1.96 bits per heavy atom. The fraction of sp³-hybridized carbons (Fsp3) is 0.909. The van der Waals surface area contributed by atoms with E-state index in [9.17, 15) is 9.59 Å². The number of carbonyl (C=O) groups excluding carboxylic acids is 2. The Hall–Kier alpha value is -1.14. The Bertz CT molecular complexity index is 571. The third-order valence-electron chi connectivity index (χ3n) is 7.10. The summed E-state index contributed by atoms with van der Waals surface area (Å²) >= 11 is 0. The standard InChI is InChI=1S/C22H40N4O2/c1-20(2)15-17(16-21(3,4)24-20)14-18(27)25-12-8-22(9-13-25,19(23)28)26-10-6-5-7-11-26/h17,24H,5-16H2,1-4H3,(H2,23,28). The van der Waals surface area contributed by atoms with Gasteiger partial charge in [0, 0.05) is 30.6 Å². The zero-order chi connectivity index (χ0) is 20.6. The van der Waals surface area contributed by atoms with Gasteiger partial charge in [0.25, 0.3) is 0 Å². The molecule has 0 aromatic carbocycles. The van der Waals surface area contributed by atoms with Crippen LogP contribution in [0.1, 0.15) is 79.1 Å². The first-order chi connectivity index (χ1) is 13.0. The van der Waals surface area contributed by atoms with Crippen LogP contribution >= 0.6 is 0 Å². The molecule has 0 saturated carbocycles. The first-order valence-electron chi connectivity index (χ1n) is 11.2.